The van der Waals surface area contributed by atoms with Crippen LogP contribution in [0.1, 0.15) is 23.7 Å². The highest BCUT2D eigenvalue weighted by Gasteiger charge is 2.24. The van der Waals surface area contributed by atoms with Crippen molar-refractivity contribution in [2.75, 3.05) is 11.9 Å². The Morgan fingerprint density at radius 1 is 1.36 bits per heavy atom. The molecule has 2 aromatic heterocycles. The number of halogens is 1. The maximum atomic E-state index is 12.4. The molecule has 140 valence electrons. The van der Waals surface area contributed by atoms with Crippen LogP contribution in [0.3, 0.4) is 0 Å². The van der Waals surface area contributed by atoms with Gasteiger partial charge in [0, 0.05) is 29.1 Å². The Labute approximate surface area is 170 Å². The summed E-state index contributed by atoms with van der Waals surface area (Å²) in [4.78, 5) is 20.9. The van der Waals surface area contributed by atoms with Crippen LogP contribution in [-0.2, 0) is 0 Å². The lowest BCUT2D eigenvalue weighted by Gasteiger charge is -2.27. The Morgan fingerprint density at radius 2 is 2.25 bits per heavy atom. The maximum Gasteiger partial charge on any atom is 0.320 e. The van der Waals surface area contributed by atoms with E-state index in [0.717, 1.165) is 11.1 Å². The third-order valence-corrected chi connectivity index (χ3v) is 5.39. The molecule has 1 aliphatic heterocycles. The van der Waals surface area contributed by atoms with Gasteiger partial charge in [-0.25, -0.2) is 14.8 Å². The standard InChI is InChI=1S/C19H14ClN5O2S/c20-14-3-1-2-13-15(6-7-27-17(13)14)23-19(26)25-16-10-28-18(24-16)11-4-5-12(8-21)22-9-11/h1-5,9-10,15H,6-7H2,(H2,23,25,26)/t15-/m0/s1. The lowest BCUT2D eigenvalue weighted by atomic mass is 10.0. The number of fused-ring (bicyclic) bond motifs is 1. The minimum Gasteiger partial charge on any atom is -0.492 e. The predicted octanol–water partition coefficient (Wildman–Crippen LogP) is 4.38. The van der Waals surface area contributed by atoms with Crippen LogP contribution in [0.25, 0.3) is 10.6 Å². The Kier molecular flexibility index (Phi) is 5.10. The molecule has 0 spiro atoms. The number of aromatic nitrogens is 2. The van der Waals surface area contributed by atoms with Gasteiger partial charge in [-0.3, -0.25) is 5.32 Å². The average molecular weight is 412 g/mol. The number of hydrogen-bond acceptors (Lipinski definition) is 6. The highest BCUT2D eigenvalue weighted by atomic mass is 35.5. The Balaban J connectivity index is 1.43. The minimum atomic E-state index is -0.354. The van der Waals surface area contributed by atoms with Crippen molar-refractivity contribution in [2.24, 2.45) is 0 Å². The summed E-state index contributed by atoms with van der Waals surface area (Å²) >= 11 is 7.55. The minimum absolute atomic E-state index is 0.191. The summed E-state index contributed by atoms with van der Waals surface area (Å²) in [5.41, 5.74) is 1.98. The second-order valence-corrected chi connectivity index (χ2v) is 7.29. The van der Waals surface area contributed by atoms with Gasteiger partial charge in [-0.05, 0) is 18.2 Å². The predicted molar refractivity (Wildman–Crippen MR) is 107 cm³/mol. The van der Waals surface area contributed by atoms with Gasteiger partial charge in [0.2, 0.25) is 0 Å². The van der Waals surface area contributed by atoms with Crippen molar-refractivity contribution in [3.05, 3.63) is 58.2 Å². The van der Waals surface area contributed by atoms with Gasteiger partial charge in [0.1, 0.15) is 28.3 Å². The zero-order valence-corrected chi connectivity index (χ0v) is 16.0. The monoisotopic (exact) mass is 411 g/mol. The van der Waals surface area contributed by atoms with E-state index in [9.17, 15) is 4.79 Å². The first-order valence-corrected chi connectivity index (χ1v) is 9.70. The SMILES string of the molecule is N#Cc1ccc(-c2nc(NC(=O)N[C@H]3CCOc4c(Cl)cccc43)cs2)cn1. The number of thiazole rings is 1. The first-order chi connectivity index (χ1) is 13.6. The van der Waals surface area contributed by atoms with Gasteiger partial charge < -0.3 is 10.1 Å². The van der Waals surface area contributed by atoms with Crippen molar-refractivity contribution in [3.8, 4) is 22.4 Å². The number of carbonyl (C=O) groups is 1. The second kappa shape index (κ2) is 7.84. The molecule has 0 bridgehead atoms. The van der Waals surface area contributed by atoms with Gasteiger partial charge in [0.05, 0.1) is 17.7 Å². The molecule has 0 radical (unpaired) electrons. The van der Waals surface area contributed by atoms with Crippen molar-refractivity contribution in [3.63, 3.8) is 0 Å². The van der Waals surface area contributed by atoms with E-state index in [2.05, 4.69) is 20.6 Å². The molecule has 0 aliphatic carbocycles. The number of nitriles is 1. The molecule has 3 aromatic rings. The number of ether oxygens (including phenoxy) is 1. The van der Waals surface area contributed by atoms with E-state index in [1.165, 1.54) is 11.3 Å². The zero-order valence-electron chi connectivity index (χ0n) is 14.5. The van der Waals surface area contributed by atoms with E-state index in [1.807, 2.05) is 18.2 Å². The molecule has 7 nitrogen and oxygen atoms in total. The smallest absolute Gasteiger partial charge is 0.320 e. The van der Waals surface area contributed by atoms with Crippen LogP contribution < -0.4 is 15.4 Å². The normalized spacial score (nSPS) is 15.1. The summed E-state index contributed by atoms with van der Waals surface area (Å²) in [7, 11) is 0. The van der Waals surface area contributed by atoms with Crippen LogP contribution in [0.5, 0.6) is 5.75 Å². The summed E-state index contributed by atoms with van der Waals surface area (Å²) in [6.07, 6.45) is 2.24. The Morgan fingerprint density at radius 3 is 3.04 bits per heavy atom. The first-order valence-electron chi connectivity index (χ1n) is 8.45. The van der Waals surface area contributed by atoms with Gasteiger partial charge >= 0.3 is 6.03 Å². The Hall–Kier alpha value is -3.15. The zero-order chi connectivity index (χ0) is 19.5. The summed E-state index contributed by atoms with van der Waals surface area (Å²) in [6, 6.07) is 10.3. The molecule has 2 N–H and O–H groups in total. The Bertz CT molecular complexity index is 1060. The third kappa shape index (κ3) is 3.76. The molecule has 4 rings (SSSR count). The van der Waals surface area contributed by atoms with Gasteiger partial charge in [-0.2, -0.15) is 5.26 Å². The van der Waals surface area contributed by atoms with E-state index in [4.69, 9.17) is 21.6 Å². The topological polar surface area (TPSA) is 99.9 Å². The van der Waals surface area contributed by atoms with E-state index in [0.29, 0.717) is 40.3 Å². The number of para-hydroxylation sites is 1. The van der Waals surface area contributed by atoms with Gasteiger partial charge in [0.15, 0.2) is 0 Å². The number of carbonyl (C=O) groups excluding carboxylic acids is 1. The largest absolute Gasteiger partial charge is 0.492 e. The average Bonchev–Trinajstić information content (AvgIpc) is 3.17. The fraction of sp³-hybridized carbons (Fsp3) is 0.158. The van der Waals surface area contributed by atoms with E-state index in [1.54, 1.807) is 29.8 Å². The van der Waals surface area contributed by atoms with Crippen molar-refractivity contribution < 1.29 is 9.53 Å². The van der Waals surface area contributed by atoms with Gasteiger partial charge in [-0.1, -0.05) is 23.7 Å². The van der Waals surface area contributed by atoms with Crippen LogP contribution in [0, 0.1) is 11.3 Å². The number of rotatable bonds is 3. The summed E-state index contributed by atoms with van der Waals surface area (Å²) in [6.45, 7) is 0.480. The molecule has 28 heavy (non-hydrogen) atoms. The van der Waals surface area contributed by atoms with Crippen LogP contribution in [0.4, 0.5) is 10.6 Å². The van der Waals surface area contributed by atoms with Crippen molar-refractivity contribution in [1.29, 1.82) is 5.26 Å². The van der Waals surface area contributed by atoms with Crippen LogP contribution in [0.2, 0.25) is 5.02 Å². The molecule has 1 aliphatic rings. The number of nitrogens with zero attached hydrogens (tertiary/aromatic N) is 3. The number of amides is 2. The number of anilines is 1. The number of nitrogens with one attached hydrogen (secondary N) is 2. The van der Waals surface area contributed by atoms with E-state index < -0.39 is 0 Å². The molecule has 1 atom stereocenters. The fourth-order valence-corrected chi connectivity index (χ4v) is 3.88. The molecule has 0 unspecified atom stereocenters. The fourth-order valence-electron chi connectivity index (χ4n) is 2.90. The van der Waals surface area contributed by atoms with Crippen LogP contribution in [-0.4, -0.2) is 22.6 Å². The number of benzene rings is 1. The molecule has 2 amide bonds. The lowest BCUT2D eigenvalue weighted by molar-refractivity contribution is 0.232. The van der Waals surface area contributed by atoms with Crippen molar-refractivity contribution in [1.82, 2.24) is 15.3 Å². The molecular weight excluding hydrogens is 398 g/mol. The molecular formula is C19H14ClN5O2S. The molecule has 3 heterocycles. The van der Waals surface area contributed by atoms with Crippen molar-refractivity contribution in [2.45, 2.75) is 12.5 Å². The first kappa shape index (κ1) is 18.2. The molecule has 0 fully saturated rings. The molecule has 9 heteroatoms. The second-order valence-electron chi connectivity index (χ2n) is 6.03. The number of pyridine rings is 1. The summed E-state index contributed by atoms with van der Waals surface area (Å²) < 4.78 is 5.61. The molecule has 0 saturated heterocycles. The van der Waals surface area contributed by atoms with Gasteiger partial charge in [-0.15, -0.1) is 11.3 Å². The molecule has 0 saturated carbocycles. The van der Waals surface area contributed by atoms with E-state index >= 15 is 0 Å². The summed E-state index contributed by atoms with van der Waals surface area (Å²) in [5, 5.41) is 17.5. The van der Waals surface area contributed by atoms with Crippen LogP contribution in [0.15, 0.2) is 41.9 Å². The van der Waals surface area contributed by atoms with E-state index in [-0.39, 0.29) is 12.1 Å². The molecule has 1 aromatic carbocycles. The number of hydrogen-bond donors (Lipinski definition) is 2. The lowest BCUT2D eigenvalue weighted by Crippen LogP contribution is -2.35. The highest BCUT2D eigenvalue weighted by Crippen LogP contribution is 2.37. The number of urea groups is 1. The summed E-state index contributed by atoms with van der Waals surface area (Å²) in [5.74, 6) is 1.06. The van der Waals surface area contributed by atoms with Crippen LogP contribution >= 0.6 is 22.9 Å². The quantitative estimate of drug-likeness (QED) is 0.666. The highest BCUT2D eigenvalue weighted by molar-refractivity contribution is 7.13. The maximum absolute atomic E-state index is 12.4. The van der Waals surface area contributed by atoms with Crippen molar-refractivity contribution >= 4 is 34.8 Å². The third-order valence-electron chi connectivity index (χ3n) is 4.20. The van der Waals surface area contributed by atoms with Gasteiger partial charge in [0.25, 0.3) is 0 Å².